The molecule has 1 N–H and O–H groups in total. The van der Waals surface area contributed by atoms with Crippen LogP contribution < -0.4 is 0 Å². The van der Waals surface area contributed by atoms with Gasteiger partial charge in [-0.1, -0.05) is 54.6 Å². The van der Waals surface area contributed by atoms with Crippen LogP contribution in [0.1, 0.15) is 12.5 Å². The zero-order valence-corrected chi connectivity index (χ0v) is 10.1. The second kappa shape index (κ2) is 5.32. The summed E-state index contributed by atoms with van der Waals surface area (Å²) < 4.78 is 0. The number of carbonyl (C=O) groups is 1. The first-order valence-electron chi connectivity index (χ1n) is 5.74. The van der Waals surface area contributed by atoms with Gasteiger partial charge in [0.1, 0.15) is 5.76 Å². The molecule has 2 rings (SSSR count). The van der Waals surface area contributed by atoms with Crippen LogP contribution in [0, 0.1) is 0 Å². The maximum Gasteiger partial charge on any atom is 0.156 e. The fourth-order valence-corrected chi connectivity index (χ4v) is 1.74. The molecule has 0 amide bonds. The van der Waals surface area contributed by atoms with Crippen molar-refractivity contribution in [3.63, 3.8) is 0 Å². The second-order valence-electron chi connectivity index (χ2n) is 4.08. The average Bonchev–Trinajstić information content (AvgIpc) is 2.39. The molecule has 18 heavy (non-hydrogen) atoms. The Kier molecular flexibility index (Phi) is 3.58. The highest BCUT2D eigenvalue weighted by Gasteiger charge is 2.01. The smallest absolute Gasteiger partial charge is 0.156 e. The molecule has 2 aromatic carbocycles. The fraction of sp³-hybridized carbons (Fsp3) is 0.0625. The van der Waals surface area contributed by atoms with Crippen molar-refractivity contribution < 1.29 is 9.90 Å². The van der Waals surface area contributed by atoms with Gasteiger partial charge in [-0.05, 0) is 18.1 Å². The van der Waals surface area contributed by atoms with E-state index in [1.54, 1.807) is 12.1 Å². The molecule has 0 unspecified atom stereocenters. The van der Waals surface area contributed by atoms with E-state index >= 15 is 0 Å². The predicted octanol–water partition coefficient (Wildman–Crippen LogP) is 3.84. The molecule has 0 radical (unpaired) electrons. The molecule has 0 aromatic heterocycles. The number of aliphatic hydroxyl groups excluding tert-OH is 1. The lowest BCUT2D eigenvalue weighted by atomic mass is 10.0. The van der Waals surface area contributed by atoms with Crippen LogP contribution in [0.4, 0.5) is 0 Å². The number of hydrogen-bond acceptors (Lipinski definition) is 2. The van der Waals surface area contributed by atoms with Crippen molar-refractivity contribution in [2.45, 2.75) is 6.92 Å². The van der Waals surface area contributed by atoms with Crippen LogP contribution >= 0.6 is 0 Å². The van der Waals surface area contributed by atoms with Gasteiger partial charge in [0.05, 0.1) is 0 Å². The number of rotatable bonds is 3. The molecular formula is C16H14O2. The van der Waals surface area contributed by atoms with Crippen molar-refractivity contribution in [3.8, 4) is 11.1 Å². The van der Waals surface area contributed by atoms with Crippen molar-refractivity contribution >= 4 is 11.5 Å². The average molecular weight is 238 g/mol. The third kappa shape index (κ3) is 2.86. The van der Waals surface area contributed by atoms with Gasteiger partial charge in [0, 0.05) is 11.6 Å². The van der Waals surface area contributed by atoms with Gasteiger partial charge < -0.3 is 5.11 Å². The second-order valence-corrected chi connectivity index (χ2v) is 4.08. The highest BCUT2D eigenvalue weighted by molar-refractivity contribution is 5.93. The lowest BCUT2D eigenvalue weighted by Crippen LogP contribution is -1.88. The quantitative estimate of drug-likeness (QED) is 0.651. The van der Waals surface area contributed by atoms with Crippen LogP contribution in [-0.2, 0) is 4.79 Å². The first-order valence-corrected chi connectivity index (χ1v) is 5.74. The molecule has 0 aliphatic carbocycles. The van der Waals surface area contributed by atoms with Crippen molar-refractivity contribution in [3.05, 3.63) is 66.2 Å². The Morgan fingerprint density at radius 1 is 0.944 bits per heavy atom. The van der Waals surface area contributed by atoms with E-state index in [0.29, 0.717) is 5.56 Å². The summed E-state index contributed by atoms with van der Waals surface area (Å²) >= 11 is 0. The van der Waals surface area contributed by atoms with E-state index in [1.807, 2.05) is 42.5 Å². The molecule has 90 valence electrons. The van der Waals surface area contributed by atoms with Crippen molar-refractivity contribution in [2.24, 2.45) is 0 Å². The van der Waals surface area contributed by atoms with Gasteiger partial charge in [0.15, 0.2) is 5.78 Å². The van der Waals surface area contributed by atoms with Gasteiger partial charge in [-0.2, -0.15) is 0 Å². The lowest BCUT2D eigenvalue weighted by Gasteiger charge is -2.03. The number of aliphatic hydroxyl groups is 1. The first-order chi connectivity index (χ1) is 8.66. The molecule has 0 spiro atoms. The SMILES string of the molecule is CC(=O)/C=C(\O)c1ccc(-c2ccccc2)cc1. The minimum Gasteiger partial charge on any atom is -0.507 e. The summed E-state index contributed by atoms with van der Waals surface area (Å²) in [6.45, 7) is 1.41. The van der Waals surface area contributed by atoms with Gasteiger partial charge in [0.2, 0.25) is 0 Å². The van der Waals surface area contributed by atoms with E-state index < -0.39 is 0 Å². The van der Waals surface area contributed by atoms with Gasteiger partial charge in [-0.3, -0.25) is 4.79 Å². The summed E-state index contributed by atoms with van der Waals surface area (Å²) in [7, 11) is 0. The van der Waals surface area contributed by atoms with Crippen LogP contribution in [0.25, 0.3) is 16.9 Å². The van der Waals surface area contributed by atoms with Gasteiger partial charge >= 0.3 is 0 Å². The number of allylic oxidation sites excluding steroid dienone is 1. The van der Waals surface area contributed by atoms with E-state index in [1.165, 1.54) is 13.0 Å². The molecular weight excluding hydrogens is 224 g/mol. The molecule has 0 atom stereocenters. The summed E-state index contributed by atoms with van der Waals surface area (Å²) in [5, 5.41) is 9.69. The predicted molar refractivity (Wildman–Crippen MR) is 73.2 cm³/mol. The summed E-state index contributed by atoms with van der Waals surface area (Å²) in [5.74, 6) is -0.165. The van der Waals surface area contributed by atoms with Crippen LogP contribution in [-0.4, -0.2) is 10.9 Å². The molecule has 0 aliphatic heterocycles. The Bertz CT molecular complexity index is 566. The zero-order chi connectivity index (χ0) is 13.0. The first kappa shape index (κ1) is 12.1. The van der Waals surface area contributed by atoms with Gasteiger partial charge in [-0.15, -0.1) is 0 Å². The molecule has 0 bridgehead atoms. The Labute approximate surface area is 106 Å². The molecule has 2 nitrogen and oxygen atoms in total. The van der Waals surface area contributed by atoms with E-state index in [-0.39, 0.29) is 11.5 Å². The zero-order valence-electron chi connectivity index (χ0n) is 10.1. The Morgan fingerprint density at radius 2 is 1.50 bits per heavy atom. The monoisotopic (exact) mass is 238 g/mol. The Hall–Kier alpha value is -2.35. The molecule has 2 heteroatoms. The molecule has 0 aliphatic rings. The molecule has 0 fully saturated rings. The Morgan fingerprint density at radius 3 is 2.06 bits per heavy atom. The van der Waals surface area contributed by atoms with E-state index in [2.05, 4.69) is 0 Å². The van der Waals surface area contributed by atoms with Crippen molar-refractivity contribution in [1.82, 2.24) is 0 Å². The number of hydrogen-bond donors (Lipinski definition) is 1. The topological polar surface area (TPSA) is 37.3 Å². The highest BCUT2D eigenvalue weighted by Crippen LogP contribution is 2.21. The lowest BCUT2D eigenvalue weighted by molar-refractivity contribution is -0.112. The fourth-order valence-electron chi connectivity index (χ4n) is 1.74. The van der Waals surface area contributed by atoms with E-state index in [4.69, 9.17) is 0 Å². The van der Waals surface area contributed by atoms with E-state index in [0.717, 1.165) is 11.1 Å². The standard InChI is InChI=1S/C16H14O2/c1-12(17)11-16(18)15-9-7-14(8-10-15)13-5-3-2-4-6-13/h2-11,18H,1H3/b16-11-. The third-order valence-electron chi connectivity index (χ3n) is 2.63. The molecule has 0 heterocycles. The van der Waals surface area contributed by atoms with Gasteiger partial charge in [-0.25, -0.2) is 0 Å². The van der Waals surface area contributed by atoms with Crippen LogP contribution in [0.3, 0.4) is 0 Å². The summed E-state index contributed by atoms with van der Waals surface area (Å²) in [5.41, 5.74) is 2.85. The summed E-state index contributed by atoms with van der Waals surface area (Å²) in [4.78, 5) is 10.9. The highest BCUT2D eigenvalue weighted by atomic mass is 16.3. The number of ketones is 1. The minimum absolute atomic E-state index is 0.00196. The summed E-state index contributed by atoms with van der Waals surface area (Å²) in [6.07, 6.45) is 1.22. The minimum atomic E-state index is -0.167. The molecule has 0 saturated heterocycles. The maximum absolute atomic E-state index is 10.9. The van der Waals surface area contributed by atoms with Crippen LogP contribution in [0.15, 0.2) is 60.7 Å². The van der Waals surface area contributed by atoms with Crippen molar-refractivity contribution in [1.29, 1.82) is 0 Å². The third-order valence-corrected chi connectivity index (χ3v) is 2.63. The van der Waals surface area contributed by atoms with Crippen molar-refractivity contribution in [2.75, 3.05) is 0 Å². The van der Waals surface area contributed by atoms with Crippen LogP contribution in [0.5, 0.6) is 0 Å². The Balaban J connectivity index is 2.29. The number of benzene rings is 2. The number of carbonyl (C=O) groups excluding carboxylic acids is 1. The summed E-state index contributed by atoms with van der Waals surface area (Å²) in [6, 6.07) is 17.4. The normalized spacial score (nSPS) is 11.3. The van der Waals surface area contributed by atoms with E-state index in [9.17, 15) is 9.90 Å². The van der Waals surface area contributed by atoms with Gasteiger partial charge in [0.25, 0.3) is 0 Å². The maximum atomic E-state index is 10.9. The largest absolute Gasteiger partial charge is 0.507 e. The molecule has 0 saturated carbocycles. The molecule has 2 aromatic rings. The van der Waals surface area contributed by atoms with Crippen LogP contribution in [0.2, 0.25) is 0 Å².